The van der Waals surface area contributed by atoms with Crippen molar-refractivity contribution in [3.8, 4) is 0 Å². The fraction of sp³-hybridized carbons (Fsp3) is 0.533. The van der Waals surface area contributed by atoms with Gasteiger partial charge < -0.3 is 19.3 Å². The predicted molar refractivity (Wildman–Crippen MR) is 140 cm³/mol. The van der Waals surface area contributed by atoms with Gasteiger partial charge in [0.05, 0.1) is 12.7 Å². The molecule has 1 heterocycles. The van der Waals surface area contributed by atoms with Gasteiger partial charge in [-0.05, 0) is 69.7 Å². The second-order valence-electron chi connectivity index (χ2n) is 11.2. The van der Waals surface area contributed by atoms with Gasteiger partial charge >= 0.3 is 6.09 Å². The topological polar surface area (TPSA) is 59.1 Å². The Morgan fingerprint density at radius 3 is 2.32 bits per heavy atom. The van der Waals surface area contributed by atoms with Crippen LogP contribution in [0.3, 0.4) is 0 Å². The summed E-state index contributed by atoms with van der Waals surface area (Å²) in [6.07, 6.45) is 3.35. The summed E-state index contributed by atoms with van der Waals surface area (Å²) in [4.78, 5) is 30.2. The van der Waals surface area contributed by atoms with Crippen LogP contribution in [-0.4, -0.2) is 59.2 Å². The predicted octanol–water partition coefficient (Wildman–Crippen LogP) is 5.59. The number of hydrogen-bond donors (Lipinski definition) is 0. The number of benzene rings is 2. The van der Waals surface area contributed by atoms with Crippen LogP contribution in [0.25, 0.3) is 0 Å². The number of nitrogens with zero attached hydrogens (tertiary/aromatic N) is 2. The van der Waals surface area contributed by atoms with Crippen molar-refractivity contribution in [2.75, 3.05) is 19.7 Å². The molecule has 2 aromatic carbocycles. The van der Waals surface area contributed by atoms with Gasteiger partial charge in [-0.25, -0.2) is 9.18 Å². The van der Waals surface area contributed by atoms with Crippen LogP contribution in [0, 0.1) is 11.7 Å². The van der Waals surface area contributed by atoms with Crippen LogP contribution in [0.5, 0.6) is 0 Å². The van der Waals surface area contributed by atoms with Crippen molar-refractivity contribution < 1.29 is 23.5 Å². The molecule has 1 unspecified atom stereocenters. The van der Waals surface area contributed by atoms with E-state index < -0.39 is 5.60 Å². The van der Waals surface area contributed by atoms with E-state index in [1.807, 2.05) is 43.9 Å². The summed E-state index contributed by atoms with van der Waals surface area (Å²) < 4.78 is 25.1. The second kappa shape index (κ2) is 12.1. The Morgan fingerprint density at radius 2 is 1.68 bits per heavy atom. The Hall–Kier alpha value is -2.93. The van der Waals surface area contributed by atoms with E-state index in [9.17, 15) is 14.0 Å². The van der Waals surface area contributed by atoms with Gasteiger partial charge in [-0.2, -0.15) is 0 Å². The normalized spacial score (nSPS) is 22.4. The van der Waals surface area contributed by atoms with Gasteiger partial charge in [0.2, 0.25) is 5.91 Å². The molecule has 2 amide bonds. The van der Waals surface area contributed by atoms with Crippen LogP contribution < -0.4 is 0 Å². The number of amides is 2. The molecule has 2 aliphatic rings. The van der Waals surface area contributed by atoms with Gasteiger partial charge in [0, 0.05) is 38.0 Å². The zero-order valence-corrected chi connectivity index (χ0v) is 22.2. The van der Waals surface area contributed by atoms with Gasteiger partial charge in [0.25, 0.3) is 0 Å². The van der Waals surface area contributed by atoms with Crippen molar-refractivity contribution in [2.45, 2.75) is 77.2 Å². The Kier molecular flexibility index (Phi) is 8.85. The third-order valence-corrected chi connectivity index (χ3v) is 7.14. The molecule has 0 radical (unpaired) electrons. The largest absolute Gasteiger partial charge is 0.444 e. The van der Waals surface area contributed by atoms with Crippen LogP contribution in [-0.2, 0) is 27.2 Å². The summed E-state index contributed by atoms with van der Waals surface area (Å²) in [5, 5.41) is 0. The summed E-state index contributed by atoms with van der Waals surface area (Å²) >= 11 is 0. The second-order valence-corrected chi connectivity index (χ2v) is 11.2. The first-order valence-electron chi connectivity index (χ1n) is 13.4. The fourth-order valence-corrected chi connectivity index (χ4v) is 5.26. The van der Waals surface area contributed by atoms with E-state index in [0.29, 0.717) is 26.2 Å². The number of halogens is 1. The highest BCUT2D eigenvalue weighted by molar-refractivity contribution is 5.79. The van der Waals surface area contributed by atoms with Gasteiger partial charge in [-0.1, -0.05) is 42.5 Å². The maximum Gasteiger partial charge on any atom is 0.410 e. The standard InChI is InChI=1S/C30H39FN2O4/c1-30(2,3)37-29(35)33(20-23-9-13-25(31)14-10-23)26-15-11-24(12-16-26)28(34)32-17-18-36-27(21-32)19-22-7-5-4-6-8-22/h4-10,13-14,24,26-27H,11-12,15-21H2,1-3H3. The third kappa shape index (κ3) is 7.78. The Balaban J connectivity index is 1.35. The van der Waals surface area contributed by atoms with Gasteiger partial charge in [-0.3, -0.25) is 4.79 Å². The maximum atomic E-state index is 13.4. The summed E-state index contributed by atoms with van der Waals surface area (Å²) in [6.45, 7) is 7.70. The molecule has 2 aromatic rings. The molecule has 7 heteroatoms. The molecule has 1 saturated carbocycles. The molecule has 0 N–H and O–H groups in total. The minimum absolute atomic E-state index is 0.00908. The molecule has 2 fully saturated rings. The first kappa shape index (κ1) is 27.1. The number of hydrogen-bond acceptors (Lipinski definition) is 4. The van der Waals surface area contributed by atoms with Crippen LogP contribution in [0.4, 0.5) is 9.18 Å². The molecule has 0 aromatic heterocycles. The molecule has 1 aliphatic carbocycles. The van der Waals surface area contributed by atoms with E-state index in [2.05, 4.69) is 12.1 Å². The zero-order valence-electron chi connectivity index (χ0n) is 22.2. The minimum atomic E-state index is -0.613. The quantitative estimate of drug-likeness (QED) is 0.508. The first-order chi connectivity index (χ1) is 17.7. The molecule has 0 spiro atoms. The van der Waals surface area contributed by atoms with Crippen molar-refractivity contribution in [2.24, 2.45) is 5.92 Å². The van der Waals surface area contributed by atoms with Crippen molar-refractivity contribution >= 4 is 12.0 Å². The van der Waals surface area contributed by atoms with Crippen LogP contribution in [0.2, 0.25) is 0 Å². The van der Waals surface area contributed by atoms with Crippen LogP contribution >= 0.6 is 0 Å². The Morgan fingerprint density at radius 1 is 1.00 bits per heavy atom. The van der Waals surface area contributed by atoms with Crippen LogP contribution in [0.1, 0.15) is 57.6 Å². The monoisotopic (exact) mass is 510 g/mol. The molecular formula is C30H39FN2O4. The first-order valence-corrected chi connectivity index (χ1v) is 13.4. The van der Waals surface area contributed by atoms with Crippen molar-refractivity contribution in [3.63, 3.8) is 0 Å². The van der Waals surface area contributed by atoms with Crippen molar-refractivity contribution in [1.29, 1.82) is 0 Å². The average Bonchev–Trinajstić information content (AvgIpc) is 2.88. The highest BCUT2D eigenvalue weighted by atomic mass is 19.1. The number of carbonyl (C=O) groups excluding carboxylic acids is 2. The minimum Gasteiger partial charge on any atom is -0.444 e. The van der Waals surface area contributed by atoms with E-state index in [0.717, 1.165) is 37.7 Å². The lowest BCUT2D eigenvalue weighted by Crippen LogP contribution is -2.50. The van der Waals surface area contributed by atoms with Crippen molar-refractivity contribution in [1.82, 2.24) is 9.80 Å². The van der Waals surface area contributed by atoms with E-state index in [1.165, 1.54) is 17.7 Å². The van der Waals surface area contributed by atoms with Gasteiger partial charge in [0.15, 0.2) is 0 Å². The number of ether oxygens (including phenoxy) is 2. The molecular weight excluding hydrogens is 471 g/mol. The van der Waals surface area contributed by atoms with E-state index in [1.54, 1.807) is 17.0 Å². The Labute approximate surface area is 219 Å². The summed E-state index contributed by atoms with van der Waals surface area (Å²) in [7, 11) is 0. The molecule has 37 heavy (non-hydrogen) atoms. The molecule has 0 bridgehead atoms. The number of carbonyl (C=O) groups is 2. The average molecular weight is 511 g/mol. The Bertz CT molecular complexity index is 1030. The molecule has 200 valence electrons. The SMILES string of the molecule is CC(C)(C)OC(=O)N(Cc1ccc(F)cc1)C1CCC(C(=O)N2CCOC(Cc3ccccc3)C2)CC1. The lowest BCUT2D eigenvalue weighted by molar-refractivity contribution is -0.144. The van der Waals surface area contributed by atoms with E-state index in [-0.39, 0.29) is 35.9 Å². The molecule has 4 rings (SSSR count). The highest BCUT2D eigenvalue weighted by Crippen LogP contribution is 2.31. The molecule has 1 saturated heterocycles. The lowest BCUT2D eigenvalue weighted by Gasteiger charge is -2.40. The summed E-state index contributed by atoms with van der Waals surface area (Å²) in [5.41, 5.74) is 1.45. The fourth-order valence-electron chi connectivity index (χ4n) is 5.26. The maximum absolute atomic E-state index is 13.4. The smallest absolute Gasteiger partial charge is 0.410 e. The van der Waals surface area contributed by atoms with Gasteiger partial charge in [0.1, 0.15) is 11.4 Å². The van der Waals surface area contributed by atoms with E-state index >= 15 is 0 Å². The van der Waals surface area contributed by atoms with Crippen molar-refractivity contribution in [3.05, 3.63) is 71.5 Å². The molecule has 6 nitrogen and oxygen atoms in total. The van der Waals surface area contributed by atoms with Crippen LogP contribution in [0.15, 0.2) is 54.6 Å². The van der Waals surface area contributed by atoms with Gasteiger partial charge in [-0.15, -0.1) is 0 Å². The summed E-state index contributed by atoms with van der Waals surface area (Å²) in [6, 6.07) is 16.4. The highest BCUT2D eigenvalue weighted by Gasteiger charge is 2.36. The summed E-state index contributed by atoms with van der Waals surface area (Å²) in [5.74, 6) is -0.152. The number of morpholine rings is 1. The lowest BCUT2D eigenvalue weighted by atomic mass is 9.84. The molecule has 1 atom stereocenters. The molecule has 1 aliphatic heterocycles. The third-order valence-electron chi connectivity index (χ3n) is 7.14. The zero-order chi connectivity index (χ0) is 26.4. The number of rotatable bonds is 6. The van der Waals surface area contributed by atoms with E-state index in [4.69, 9.17) is 9.47 Å².